The van der Waals surface area contributed by atoms with E-state index in [1.165, 1.54) is 0 Å². The first-order valence-electron chi connectivity index (χ1n) is 8.73. The summed E-state index contributed by atoms with van der Waals surface area (Å²) in [7, 11) is 0. The molecule has 25 heavy (non-hydrogen) atoms. The van der Waals surface area contributed by atoms with Crippen LogP contribution in [0.15, 0.2) is 30.3 Å². The molecule has 0 bridgehead atoms. The number of carbonyl (C=O) groups is 1. The van der Waals surface area contributed by atoms with Crippen molar-refractivity contribution in [3.05, 3.63) is 41.7 Å². The number of para-hydroxylation sites is 1. The van der Waals surface area contributed by atoms with Gasteiger partial charge in [0.1, 0.15) is 0 Å². The van der Waals surface area contributed by atoms with Crippen molar-refractivity contribution < 1.29 is 9.53 Å². The third-order valence-corrected chi connectivity index (χ3v) is 3.73. The van der Waals surface area contributed by atoms with Crippen LogP contribution >= 0.6 is 0 Å². The van der Waals surface area contributed by atoms with Crippen molar-refractivity contribution in [3.63, 3.8) is 0 Å². The predicted octanol–water partition coefficient (Wildman–Crippen LogP) is 3.67. The number of nitrogens with zero attached hydrogens (tertiary/aromatic N) is 2. The molecule has 2 N–H and O–H groups in total. The fraction of sp³-hybridized carbons (Fsp3) is 0.474. The number of ether oxygens (including phenoxy) is 1. The van der Waals surface area contributed by atoms with Crippen LogP contribution in [0.5, 0.6) is 0 Å². The van der Waals surface area contributed by atoms with Gasteiger partial charge in [0.25, 0.3) is 0 Å². The van der Waals surface area contributed by atoms with Crippen molar-refractivity contribution in [2.24, 2.45) is 5.92 Å². The maximum Gasteiger partial charge on any atom is 0.319 e. The van der Waals surface area contributed by atoms with Crippen molar-refractivity contribution >= 4 is 11.7 Å². The first-order chi connectivity index (χ1) is 12.0. The Morgan fingerprint density at radius 3 is 2.64 bits per heavy atom. The number of urea groups is 1. The molecule has 0 atom stereocenters. The zero-order chi connectivity index (χ0) is 18.2. The normalized spacial score (nSPS) is 10.9. The summed E-state index contributed by atoms with van der Waals surface area (Å²) in [6.45, 7) is 10.1. The van der Waals surface area contributed by atoms with Crippen LogP contribution in [0.1, 0.15) is 31.7 Å². The van der Waals surface area contributed by atoms with Crippen LogP contribution in [0.4, 0.5) is 10.5 Å². The number of amides is 2. The van der Waals surface area contributed by atoms with Crippen LogP contribution in [-0.2, 0) is 4.74 Å². The maximum atomic E-state index is 12.1. The standard InChI is InChI=1S/C19H28N4O2/c1-14(2)13-25-12-8-11-20-19(24)21-18-15(3)22-23(16(18)4)17-9-6-5-7-10-17/h5-7,9-10,14H,8,11-13H2,1-4H3,(H2,20,21,24). The van der Waals surface area contributed by atoms with Crippen molar-refractivity contribution in [1.29, 1.82) is 0 Å². The fourth-order valence-corrected chi connectivity index (χ4v) is 2.50. The molecule has 6 heteroatoms. The van der Waals surface area contributed by atoms with E-state index in [1.54, 1.807) is 0 Å². The summed E-state index contributed by atoms with van der Waals surface area (Å²) in [5.74, 6) is 0.531. The van der Waals surface area contributed by atoms with Crippen molar-refractivity contribution in [3.8, 4) is 5.69 Å². The Labute approximate surface area is 149 Å². The summed E-state index contributed by atoms with van der Waals surface area (Å²) in [6, 6.07) is 9.65. The first-order valence-corrected chi connectivity index (χ1v) is 8.73. The van der Waals surface area contributed by atoms with Crippen LogP contribution in [0, 0.1) is 19.8 Å². The molecule has 0 saturated heterocycles. The SMILES string of the molecule is Cc1nn(-c2ccccc2)c(C)c1NC(=O)NCCCOCC(C)C. The summed E-state index contributed by atoms with van der Waals surface area (Å²) >= 11 is 0. The summed E-state index contributed by atoms with van der Waals surface area (Å²) < 4.78 is 7.34. The van der Waals surface area contributed by atoms with Gasteiger partial charge in [-0.1, -0.05) is 32.0 Å². The van der Waals surface area contributed by atoms with Crippen LogP contribution in [0.3, 0.4) is 0 Å². The highest BCUT2D eigenvalue weighted by Crippen LogP contribution is 2.22. The molecule has 0 saturated carbocycles. The van der Waals surface area contributed by atoms with E-state index in [0.717, 1.165) is 35.8 Å². The molecule has 0 spiro atoms. The third-order valence-electron chi connectivity index (χ3n) is 3.73. The molecule has 2 rings (SSSR count). The van der Waals surface area contributed by atoms with E-state index in [1.807, 2.05) is 48.9 Å². The van der Waals surface area contributed by atoms with Gasteiger partial charge < -0.3 is 15.4 Å². The van der Waals surface area contributed by atoms with Crippen molar-refractivity contribution in [1.82, 2.24) is 15.1 Å². The topological polar surface area (TPSA) is 68.2 Å². The predicted molar refractivity (Wildman–Crippen MR) is 100 cm³/mol. The second-order valence-electron chi connectivity index (χ2n) is 6.50. The van der Waals surface area contributed by atoms with Crippen molar-refractivity contribution in [2.75, 3.05) is 25.1 Å². The van der Waals surface area contributed by atoms with E-state index < -0.39 is 0 Å². The maximum absolute atomic E-state index is 12.1. The summed E-state index contributed by atoms with van der Waals surface area (Å²) in [5, 5.41) is 10.3. The number of nitrogens with one attached hydrogen (secondary N) is 2. The minimum atomic E-state index is -0.220. The summed E-state index contributed by atoms with van der Waals surface area (Å²) in [5.41, 5.74) is 3.41. The Balaban J connectivity index is 1.86. The molecule has 2 aromatic rings. The zero-order valence-electron chi connectivity index (χ0n) is 15.5. The Hall–Kier alpha value is -2.34. The molecule has 0 aliphatic carbocycles. The zero-order valence-corrected chi connectivity index (χ0v) is 15.5. The first kappa shape index (κ1) is 19.0. The Morgan fingerprint density at radius 2 is 1.96 bits per heavy atom. The molecule has 1 aromatic heterocycles. The van der Waals surface area contributed by atoms with E-state index in [0.29, 0.717) is 19.1 Å². The Morgan fingerprint density at radius 1 is 1.24 bits per heavy atom. The van der Waals surface area contributed by atoms with Gasteiger partial charge in [-0.15, -0.1) is 0 Å². The molecular formula is C19H28N4O2. The highest BCUT2D eigenvalue weighted by molar-refractivity contribution is 5.90. The molecule has 6 nitrogen and oxygen atoms in total. The van der Waals surface area contributed by atoms with Crippen molar-refractivity contribution in [2.45, 2.75) is 34.1 Å². The molecule has 1 heterocycles. The molecule has 0 unspecified atom stereocenters. The number of aromatic nitrogens is 2. The average Bonchev–Trinajstić information content (AvgIpc) is 2.86. The van der Waals surface area contributed by atoms with E-state index in [-0.39, 0.29) is 6.03 Å². The van der Waals surface area contributed by atoms with Crippen LogP contribution < -0.4 is 10.6 Å². The average molecular weight is 344 g/mol. The molecule has 0 aliphatic heterocycles. The minimum Gasteiger partial charge on any atom is -0.381 e. The number of rotatable bonds is 8. The Kier molecular flexibility index (Phi) is 7.01. The molecule has 0 fully saturated rings. The van der Waals surface area contributed by atoms with Gasteiger partial charge in [-0.2, -0.15) is 5.10 Å². The fourth-order valence-electron chi connectivity index (χ4n) is 2.50. The second kappa shape index (κ2) is 9.22. The molecule has 0 aliphatic rings. The van der Waals surface area contributed by atoms with E-state index in [2.05, 4.69) is 29.6 Å². The minimum absolute atomic E-state index is 0.220. The number of carbonyl (C=O) groups excluding carboxylic acids is 1. The summed E-state index contributed by atoms with van der Waals surface area (Å²) in [6.07, 6.45) is 0.793. The number of benzene rings is 1. The lowest BCUT2D eigenvalue weighted by atomic mass is 10.2. The van der Waals surface area contributed by atoms with Gasteiger partial charge in [0.2, 0.25) is 0 Å². The smallest absolute Gasteiger partial charge is 0.319 e. The van der Waals surface area contributed by atoms with E-state index >= 15 is 0 Å². The third kappa shape index (κ3) is 5.60. The largest absolute Gasteiger partial charge is 0.381 e. The molecule has 136 valence electrons. The molecule has 2 amide bonds. The van der Waals surface area contributed by atoms with Gasteiger partial charge in [-0.3, -0.25) is 0 Å². The van der Waals surface area contributed by atoms with Crippen LogP contribution in [0.25, 0.3) is 5.69 Å². The number of hydrogen-bond donors (Lipinski definition) is 2. The van der Waals surface area contributed by atoms with Gasteiger partial charge in [0, 0.05) is 19.8 Å². The number of anilines is 1. The lowest BCUT2D eigenvalue weighted by Crippen LogP contribution is -2.30. The monoisotopic (exact) mass is 344 g/mol. The van der Waals surface area contributed by atoms with Crippen LogP contribution in [0.2, 0.25) is 0 Å². The molecule has 1 aromatic carbocycles. The molecule has 0 radical (unpaired) electrons. The lowest BCUT2D eigenvalue weighted by molar-refractivity contribution is 0.108. The highest BCUT2D eigenvalue weighted by atomic mass is 16.5. The summed E-state index contributed by atoms with van der Waals surface area (Å²) in [4.78, 5) is 12.1. The number of aryl methyl sites for hydroxylation is 1. The quantitative estimate of drug-likeness (QED) is 0.718. The van der Waals surface area contributed by atoms with E-state index in [9.17, 15) is 4.79 Å². The number of hydrogen-bond acceptors (Lipinski definition) is 3. The lowest BCUT2D eigenvalue weighted by Gasteiger charge is -2.09. The highest BCUT2D eigenvalue weighted by Gasteiger charge is 2.14. The van der Waals surface area contributed by atoms with Gasteiger partial charge in [-0.25, -0.2) is 9.48 Å². The van der Waals surface area contributed by atoms with Gasteiger partial charge in [-0.05, 0) is 38.3 Å². The van der Waals surface area contributed by atoms with E-state index in [4.69, 9.17) is 4.74 Å². The van der Waals surface area contributed by atoms with Crippen LogP contribution in [-0.4, -0.2) is 35.6 Å². The van der Waals surface area contributed by atoms with Gasteiger partial charge in [0.05, 0.1) is 22.8 Å². The Bertz CT molecular complexity index is 680. The van der Waals surface area contributed by atoms with Gasteiger partial charge in [0.15, 0.2) is 0 Å². The van der Waals surface area contributed by atoms with Gasteiger partial charge >= 0.3 is 6.03 Å². The molecular weight excluding hydrogens is 316 g/mol. The second-order valence-corrected chi connectivity index (χ2v) is 6.50.